The highest BCUT2D eigenvalue weighted by Crippen LogP contribution is 2.27. The minimum absolute atomic E-state index is 0.261. The van der Waals surface area contributed by atoms with Crippen molar-refractivity contribution < 1.29 is 4.39 Å². The summed E-state index contributed by atoms with van der Waals surface area (Å²) in [6.45, 7) is 2.62. The van der Waals surface area contributed by atoms with Gasteiger partial charge in [-0.1, -0.05) is 17.7 Å². The van der Waals surface area contributed by atoms with Gasteiger partial charge in [0.2, 0.25) is 0 Å². The zero-order valence-corrected chi connectivity index (χ0v) is 16.1. The Bertz CT molecular complexity index is 956. The van der Waals surface area contributed by atoms with Gasteiger partial charge in [-0.2, -0.15) is 0 Å². The highest BCUT2D eigenvalue weighted by Gasteiger charge is 2.14. The summed E-state index contributed by atoms with van der Waals surface area (Å²) in [4.78, 5) is 13.5. The van der Waals surface area contributed by atoms with Gasteiger partial charge in [0, 0.05) is 36.9 Å². The molecule has 1 saturated heterocycles. The zero-order chi connectivity index (χ0) is 18.8. The van der Waals surface area contributed by atoms with Crippen molar-refractivity contribution in [2.45, 2.75) is 25.8 Å². The van der Waals surface area contributed by atoms with Gasteiger partial charge in [-0.25, -0.2) is 14.4 Å². The van der Waals surface area contributed by atoms with Crippen molar-refractivity contribution in [3.8, 4) is 0 Å². The van der Waals surface area contributed by atoms with Crippen molar-refractivity contribution in [1.29, 1.82) is 0 Å². The van der Waals surface area contributed by atoms with Crippen LogP contribution in [0.2, 0.25) is 5.15 Å². The fourth-order valence-corrected chi connectivity index (χ4v) is 3.82. The first-order chi connectivity index (χ1) is 13.1. The summed E-state index contributed by atoms with van der Waals surface area (Å²) in [6, 6.07) is 12.7. The maximum absolute atomic E-state index is 13.5. The summed E-state index contributed by atoms with van der Waals surface area (Å²) in [7, 11) is 1.89. The zero-order valence-electron chi connectivity index (χ0n) is 15.3. The lowest BCUT2D eigenvalue weighted by Crippen LogP contribution is -2.29. The molecule has 1 aromatic heterocycles. The maximum Gasteiger partial charge on any atom is 0.150 e. The molecule has 0 N–H and O–H groups in total. The van der Waals surface area contributed by atoms with E-state index in [1.54, 1.807) is 6.07 Å². The van der Waals surface area contributed by atoms with E-state index >= 15 is 0 Å². The van der Waals surface area contributed by atoms with E-state index in [9.17, 15) is 4.39 Å². The second-order valence-electron chi connectivity index (χ2n) is 7.02. The maximum atomic E-state index is 13.5. The van der Waals surface area contributed by atoms with Crippen LogP contribution in [-0.4, -0.2) is 30.1 Å². The summed E-state index contributed by atoms with van der Waals surface area (Å²) in [5.41, 5.74) is 2.80. The molecule has 27 heavy (non-hydrogen) atoms. The van der Waals surface area contributed by atoms with Crippen LogP contribution >= 0.6 is 11.6 Å². The van der Waals surface area contributed by atoms with E-state index in [0.29, 0.717) is 17.5 Å². The standard InChI is InChI=1S/C21H22ClFN4/c1-26(16-7-5-6-15(23)12-16)14-20-24-19-13-17(27-10-3-2-4-11-27)8-9-18(19)21(22)25-20/h5-9,12-13H,2-4,10-11,14H2,1H3. The van der Waals surface area contributed by atoms with Crippen molar-refractivity contribution in [2.24, 2.45) is 0 Å². The molecule has 0 radical (unpaired) electrons. The SMILES string of the molecule is CN(Cc1nc(Cl)c2ccc(N3CCCCC3)cc2n1)c1cccc(F)c1. The van der Waals surface area contributed by atoms with Gasteiger partial charge in [0.25, 0.3) is 0 Å². The number of fused-ring (bicyclic) bond motifs is 1. The number of hydrogen-bond donors (Lipinski definition) is 0. The Kier molecular flexibility index (Phi) is 5.12. The second-order valence-corrected chi connectivity index (χ2v) is 7.37. The first-order valence-electron chi connectivity index (χ1n) is 9.28. The lowest BCUT2D eigenvalue weighted by atomic mass is 10.1. The molecule has 0 spiro atoms. The lowest BCUT2D eigenvalue weighted by molar-refractivity contribution is 0.578. The number of rotatable bonds is 4. The third kappa shape index (κ3) is 3.98. The first-order valence-corrected chi connectivity index (χ1v) is 9.66. The van der Waals surface area contributed by atoms with Crippen LogP contribution in [0.1, 0.15) is 25.1 Å². The molecule has 0 unspecified atom stereocenters. The Morgan fingerprint density at radius 1 is 1.07 bits per heavy atom. The summed E-state index contributed by atoms with van der Waals surface area (Å²) in [5, 5.41) is 1.31. The van der Waals surface area contributed by atoms with Crippen LogP contribution in [0.3, 0.4) is 0 Å². The fraction of sp³-hybridized carbons (Fsp3) is 0.333. The fourth-order valence-electron chi connectivity index (χ4n) is 3.56. The number of nitrogens with zero attached hydrogens (tertiary/aromatic N) is 4. The van der Waals surface area contributed by atoms with E-state index in [2.05, 4.69) is 22.0 Å². The van der Waals surface area contributed by atoms with Crippen LogP contribution in [0.4, 0.5) is 15.8 Å². The molecule has 1 aliphatic rings. The topological polar surface area (TPSA) is 32.3 Å². The third-order valence-electron chi connectivity index (χ3n) is 5.03. The second kappa shape index (κ2) is 7.69. The molecule has 0 aliphatic carbocycles. The van der Waals surface area contributed by atoms with Gasteiger partial charge in [-0.05, 0) is 55.7 Å². The van der Waals surface area contributed by atoms with E-state index in [-0.39, 0.29) is 5.82 Å². The lowest BCUT2D eigenvalue weighted by Gasteiger charge is -2.29. The molecule has 0 saturated carbocycles. The number of anilines is 2. The monoisotopic (exact) mass is 384 g/mol. The quantitative estimate of drug-likeness (QED) is 0.589. The van der Waals surface area contributed by atoms with E-state index in [1.807, 2.05) is 24.1 Å². The smallest absolute Gasteiger partial charge is 0.150 e. The highest BCUT2D eigenvalue weighted by molar-refractivity contribution is 6.34. The van der Waals surface area contributed by atoms with Crippen molar-refractivity contribution in [3.63, 3.8) is 0 Å². The summed E-state index contributed by atoms with van der Waals surface area (Å²) < 4.78 is 13.5. The number of benzene rings is 2. The molecule has 1 aliphatic heterocycles. The van der Waals surface area contributed by atoms with Gasteiger partial charge >= 0.3 is 0 Å². The molecule has 0 amide bonds. The van der Waals surface area contributed by atoms with Gasteiger partial charge < -0.3 is 9.80 Å². The summed E-state index contributed by atoms with van der Waals surface area (Å²) >= 11 is 6.41. The molecule has 0 atom stereocenters. The normalized spacial score (nSPS) is 14.6. The molecule has 2 aromatic carbocycles. The number of hydrogen-bond acceptors (Lipinski definition) is 4. The van der Waals surface area contributed by atoms with E-state index in [4.69, 9.17) is 16.6 Å². The molecule has 4 rings (SSSR count). The molecule has 3 aromatic rings. The van der Waals surface area contributed by atoms with Crippen LogP contribution < -0.4 is 9.80 Å². The van der Waals surface area contributed by atoms with E-state index < -0.39 is 0 Å². The number of halogens is 2. The van der Waals surface area contributed by atoms with Crippen LogP contribution in [0, 0.1) is 5.82 Å². The van der Waals surface area contributed by atoms with Crippen LogP contribution in [0.25, 0.3) is 10.9 Å². The molecular formula is C21H22ClFN4. The van der Waals surface area contributed by atoms with Gasteiger partial charge in [-0.15, -0.1) is 0 Å². The van der Waals surface area contributed by atoms with Crippen molar-refractivity contribution >= 4 is 33.9 Å². The van der Waals surface area contributed by atoms with Gasteiger partial charge in [-0.3, -0.25) is 0 Å². The van der Waals surface area contributed by atoms with Crippen LogP contribution in [0.15, 0.2) is 42.5 Å². The Morgan fingerprint density at radius 3 is 2.67 bits per heavy atom. The number of aromatic nitrogens is 2. The minimum Gasteiger partial charge on any atom is -0.371 e. The Labute approximate surface area is 163 Å². The Balaban J connectivity index is 1.63. The van der Waals surface area contributed by atoms with Crippen molar-refractivity contribution in [1.82, 2.24) is 9.97 Å². The van der Waals surface area contributed by atoms with E-state index in [0.717, 1.165) is 29.7 Å². The van der Waals surface area contributed by atoms with Gasteiger partial charge in [0.1, 0.15) is 16.8 Å². The first kappa shape index (κ1) is 18.0. The Hall–Kier alpha value is -2.40. The molecule has 140 valence electrons. The molecular weight excluding hydrogens is 363 g/mol. The molecule has 2 heterocycles. The van der Waals surface area contributed by atoms with E-state index in [1.165, 1.54) is 37.1 Å². The van der Waals surface area contributed by atoms with Gasteiger partial charge in [0.15, 0.2) is 0 Å². The van der Waals surface area contributed by atoms with Crippen molar-refractivity contribution in [3.05, 3.63) is 59.3 Å². The average molecular weight is 385 g/mol. The largest absolute Gasteiger partial charge is 0.371 e. The predicted octanol–water partition coefficient (Wildman–Crippen LogP) is 5.05. The molecule has 6 heteroatoms. The van der Waals surface area contributed by atoms with Gasteiger partial charge in [0.05, 0.1) is 12.1 Å². The predicted molar refractivity (Wildman–Crippen MR) is 109 cm³/mol. The number of piperidine rings is 1. The third-order valence-corrected chi connectivity index (χ3v) is 5.32. The summed E-state index contributed by atoms with van der Waals surface area (Å²) in [5.74, 6) is 0.359. The molecule has 0 bridgehead atoms. The Morgan fingerprint density at radius 2 is 1.89 bits per heavy atom. The minimum atomic E-state index is -0.261. The highest BCUT2D eigenvalue weighted by atomic mass is 35.5. The van der Waals surface area contributed by atoms with Crippen LogP contribution in [0.5, 0.6) is 0 Å². The van der Waals surface area contributed by atoms with Crippen molar-refractivity contribution in [2.75, 3.05) is 29.9 Å². The average Bonchev–Trinajstić information content (AvgIpc) is 2.68. The summed E-state index contributed by atoms with van der Waals surface area (Å²) in [6.07, 6.45) is 3.76. The molecule has 4 nitrogen and oxygen atoms in total. The van der Waals surface area contributed by atoms with Crippen LogP contribution in [-0.2, 0) is 6.54 Å². The molecule has 1 fully saturated rings.